The topological polar surface area (TPSA) is 40.5 Å². The molecular formula is C17H29NO2. The Balaban J connectivity index is 1.75. The van der Waals surface area contributed by atoms with Crippen LogP contribution in [0.4, 0.5) is 0 Å². The highest BCUT2D eigenvalue weighted by Gasteiger charge is 2.69. The van der Waals surface area contributed by atoms with Crippen LogP contribution in [0.15, 0.2) is 0 Å². The van der Waals surface area contributed by atoms with Crippen molar-refractivity contribution in [2.24, 2.45) is 22.7 Å². The van der Waals surface area contributed by atoms with Crippen molar-refractivity contribution in [3.8, 4) is 0 Å². The first-order chi connectivity index (χ1) is 9.28. The highest BCUT2D eigenvalue weighted by Crippen LogP contribution is 2.69. The summed E-state index contributed by atoms with van der Waals surface area (Å²) < 4.78 is 0. The normalized spacial score (nSPS) is 39.2. The summed E-state index contributed by atoms with van der Waals surface area (Å²) in [6.45, 7) is 9.75. The second-order valence-electron chi connectivity index (χ2n) is 8.28. The number of carbonyl (C=O) groups is 1. The lowest BCUT2D eigenvalue weighted by Crippen LogP contribution is -2.44. The fourth-order valence-corrected chi connectivity index (χ4v) is 4.91. The molecule has 114 valence electrons. The van der Waals surface area contributed by atoms with Crippen LogP contribution in [0.3, 0.4) is 0 Å². The van der Waals surface area contributed by atoms with Crippen LogP contribution in [0.2, 0.25) is 0 Å². The van der Waals surface area contributed by atoms with Crippen molar-refractivity contribution in [3.05, 3.63) is 0 Å². The maximum Gasteiger partial charge on any atom is 0.227 e. The zero-order valence-corrected chi connectivity index (χ0v) is 13.4. The van der Waals surface area contributed by atoms with Crippen molar-refractivity contribution in [2.45, 2.75) is 71.9 Å². The molecule has 2 saturated carbocycles. The molecule has 3 heteroatoms. The molecule has 2 aliphatic carbocycles. The number of rotatable bonds is 2. The number of nitrogens with zero attached hydrogens (tertiary/aromatic N) is 1. The van der Waals surface area contributed by atoms with Crippen molar-refractivity contribution >= 4 is 5.91 Å². The van der Waals surface area contributed by atoms with E-state index in [1.165, 1.54) is 0 Å². The second kappa shape index (κ2) is 4.46. The van der Waals surface area contributed by atoms with E-state index in [0.29, 0.717) is 17.9 Å². The lowest BCUT2D eigenvalue weighted by molar-refractivity contribution is -0.136. The molecule has 1 aliphatic heterocycles. The minimum Gasteiger partial charge on any atom is -0.393 e. The van der Waals surface area contributed by atoms with Crippen molar-refractivity contribution < 1.29 is 9.90 Å². The molecule has 3 unspecified atom stereocenters. The van der Waals surface area contributed by atoms with Crippen LogP contribution in [-0.4, -0.2) is 34.6 Å². The Morgan fingerprint density at radius 3 is 2.20 bits per heavy atom. The molecule has 3 fully saturated rings. The third kappa shape index (κ3) is 1.85. The molecule has 1 saturated heterocycles. The van der Waals surface area contributed by atoms with Gasteiger partial charge in [0.15, 0.2) is 0 Å². The van der Waals surface area contributed by atoms with Gasteiger partial charge in [0, 0.05) is 24.4 Å². The number of hydrogen-bond donors (Lipinski definition) is 1. The van der Waals surface area contributed by atoms with E-state index >= 15 is 0 Å². The summed E-state index contributed by atoms with van der Waals surface area (Å²) in [6.07, 6.45) is 5.13. The maximum absolute atomic E-state index is 13.0. The Bertz CT molecular complexity index is 401. The lowest BCUT2D eigenvalue weighted by Gasteiger charge is -2.32. The van der Waals surface area contributed by atoms with Crippen LogP contribution in [0.25, 0.3) is 0 Å². The first-order valence-electron chi connectivity index (χ1n) is 8.27. The van der Waals surface area contributed by atoms with Crippen LogP contribution in [0.1, 0.15) is 59.8 Å². The van der Waals surface area contributed by atoms with Crippen molar-refractivity contribution in [3.63, 3.8) is 0 Å². The summed E-state index contributed by atoms with van der Waals surface area (Å²) in [6, 6.07) is 0.298. The molecule has 3 aliphatic rings. The largest absolute Gasteiger partial charge is 0.393 e. The molecule has 3 rings (SSSR count). The van der Waals surface area contributed by atoms with Crippen molar-refractivity contribution in [1.82, 2.24) is 4.90 Å². The Kier molecular flexibility index (Phi) is 3.20. The number of aliphatic hydroxyl groups is 1. The average Bonchev–Trinajstić information content (AvgIpc) is 2.81. The number of amides is 1. The molecule has 1 N–H and O–H groups in total. The fraction of sp³-hybridized carbons (Fsp3) is 0.941. The van der Waals surface area contributed by atoms with Crippen LogP contribution < -0.4 is 0 Å². The van der Waals surface area contributed by atoms with E-state index in [1.807, 2.05) is 0 Å². The van der Waals surface area contributed by atoms with Gasteiger partial charge >= 0.3 is 0 Å². The number of carbonyl (C=O) groups excluding carboxylic acids is 1. The monoisotopic (exact) mass is 279 g/mol. The molecule has 3 nitrogen and oxygen atoms in total. The average molecular weight is 279 g/mol. The summed E-state index contributed by atoms with van der Waals surface area (Å²) in [5.74, 6) is 0.835. The fourth-order valence-electron chi connectivity index (χ4n) is 4.91. The van der Waals surface area contributed by atoms with Gasteiger partial charge in [-0.2, -0.15) is 0 Å². The van der Waals surface area contributed by atoms with Gasteiger partial charge in [-0.25, -0.2) is 0 Å². The molecule has 1 amide bonds. The van der Waals surface area contributed by atoms with Gasteiger partial charge < -0.3 is 10.0 Å². The van der Waals surface area contributed by atoms with Gasteiger partial charge in [-0.05, 0) is 36.5 Å². The van der Waals surface area contributed by atoms with Gasteiger partial charge in [0.05, 0.1) is 6.10 Å². The SMILES string of the molecule is CC1(C)C(C(=O)N2CCCC2C2CCCC2O)C1(C)C. The van der Waals surface area contributed by atoms with Gasteiger partial charge in [0.25, 0.3) is 0 Å². The standard InChI is InChI=1S/C17H29NO2/c1-16(2)14(17(16,3)4)15(20)18-10-6-8-12(18)11-7-5-9-13(11)19/h11-14,19H,5-10H2,1-4H3. The van der Waals surface area contributed by atoms with Crippen LogP contribution in [-0.2, 0) is 4.79 Å². The van der Waals surface area contributed by atoms with E-state index < -0.39 is 0 Å². The number of likely N-dealkylation sites (tertiary alicyclic amines) is 1. The van der Waals surface area contributed by atoms with E-state index in [9.17, 15) is 9.90 Å². The molecule has 0 aromatic carbocycles. The van der Waals surface area contributed by atoms with E-state index in [-0.39, 0.29) is 22.9 Å². The van der Waals surface area contributed by atoms with E-state index in [0.717, 1.165) is 38.6 Å². The van der Waals surface area contributed by atoms with Crippen molar-refractivity contribution in [1.29, 1.82) is 0 Å². The van der Waals surface area contributed by atoms with Gasteiger partial charge in [-0.1, -0.05) is 34.1 Å². The highest BCUT2D eigenvalue weighted by atomic mass is 16.3. The Morgan fingerprint density at radius 2 is 1.70 bits per heavy atom. The predicted molar refractivity (Wildman–Crippen MR) is 79.1 cm³/mol. The second-order valence-corrected chi connectivity index (χ2v) is 8.28. The molecule has 20 heavy (non-hydrogen) atoms. The van der Waals surface area contributed by atoms with Crippen LogP contribution >= 0.6 is 0 Å². The van der Waals surface area contributed by atoms with Crippen LogP contribution in [0, 0.1) is 22.7 Å². The Morgan fingerprint density at radius 1 is 1.05 bits per heavy atom. The first-order valence-corrected chi connectivity index (χ1v) is 8.27. The van der Waals surface area contributed by atoms with Gasteiger partial charge in [-0.15, -0.1) is 0 Å². The van der Waals surface area contributed by atoms with E-state index in [4.69, 9.17) is 0 Å². The third-order valence-corrected chi connectivity index (χ3v) is 6.88. The molecule has 0 spiro atoms. The molecule has 0 aromatic heterocycles. The zero-order valence-electron chi connectivity index (χ0n) is 13.4. The molecule has 0 radical (unpaired) electrons. The predicted octanol–water partition coefficient (Wildman–Crippen LogP) is 2.82. The van der Waals surface area contributed by atoms with Crippen molar-refractivity contribution in [2.75, 3.05) is 6.54 Å². The van der Waals surface area contributed by atoms with Gasteiger partial charge in [0.1, 0.15) is 0 Å². The molecule has 3 atom stereocenters. The number of aliphatic hydroxyl groups excluding tert-OH is 1. The molecular weight excluding hydrogens is 250 g/mol. The van der Waals surface area contributed by atoms with Gasteiger partial charge in [0.2, 0.25) is 5.91 Å². The van der Waals surface area contributed by atoms with E-state index in [2.05, 4.69) is 32.6 Å². The molecule has 0 bridgehead atoms. The summed E-state index contributed by atoms with van der Waals surface area (Å²) in [5, 5.41) is 10.2. The summed E-state index contributed by atoms with van der Waals surface area (Å²) in [4.78, 5) is 15.1. The zero-order chi connectivity index (χ0) is 14.7. The molecule has 0 aromatic rings. The Labute approximate surface area is 122 Å². The van der Waals surface area contributed by atoms with E-state index in [1.54, 1.807) is 0 Å². The summed E-state index contributed by atoms with van der Waals surface area (Å²) in [5.41, 5.74) is 0.233. The summed E-state index contributed by atoms with van der Waals surface area (Å²) >= 11 is 0. The highest BCUT2D eigenvalue weighted by molar-refractivity contribution is 5.84. The summed E-state index contributed by atoms with van der Waals surface area (Å²) in [7, 11) is 0. The Hall–Kier alpha value is -0.570. The third-order valence-electron chi connectivity index (χ3n) is 6.88. The first kappa shape index (κ1) is 14.4. The minimum absolute atomic E-state index is 0.117. The quantitative estimate of drug-likeness (QED) is 0.844. The van der Waals surface area contributed by atoms with Gasteiger partial charge in [-0.3, -0.25) is 4.79 Å². The smallest absolute Gasteiger partial charge is 0.227 e. The minimum atomic E-state index is -0.186. The van der Waals surface area contributed by atoms with Crippen LogP contribution in [0.5, 0.6) is 0 Å². The lowest BCUT2D eigenvalue weighted by atomic mass is 9.93. The molecule has 1 heterocycles. The number of hydrogen-bond acceptors (Lipinski definition) is 2. The maximum atomic E-state index is 13.0.